The molecule has 1 aromatic heterocycles. The van der Waals surface area contributed by atoms with Crippen molar-refractivity contribution in [2.75, 3.05) is 19.6 Å². The lowest BCUT2D eigenvalue weighted by molar-refractivity contribution is -0.130. The molecule has 7 heteroatoms. The number of hydrogen-bond donors (Lipinski definition) is 1. The minimum atomic E-state index is -0.211. The van der Waals surface area contributed by atoms with Gasteiger partial charge in [-0.3, -0.25) is 9.59 Å². The Kier molecular flexibility index (Phi) is 4.12. The van der Waals surface area contributed by atoms with Crippen LogP contribution in [-0.4, -0.2) is 45.4 Å². The van der Waals surface area contributed by atoms with E-state index in [1.165, 1.54) is 4.68 Å². The fraction of sp³-hybridized carbons (Fsp3) is 0.500. The van der Waals surface area contributed by atoms with Gasteiger partial charge in [0.25, 0.3) is 5.56 Å². The van der Waals surface area contributed by atoms with E-state index in [1.807, 2.05) is 11.0 Å². The Bertz CT molecular complexity index is 787. The third-order valence-electron chi connectivity index (χ3n) is 4.57. The molecule has 0 saturated carbocycles. The maximum Gasteiger partial charge on any atom is 0.277 e. The largest absolute Gasteiger partial charge is 0.342 e. The third kappa shape index (κ3) is 3.10. The molecule has 23 heavy (non-hydrogen) atoms. The van der Waals surface area contributed by atoms with E-state index in [2.05, 4.69) is 17.2 Å². The van der Waals surface area contributed by atoms with Gasteiger partial charge in [-0.1, -0.05) is 24.3 Å². The summed E-state index contributed by atoms with van der Waals surface area (Å²) in [6, 6.07) is 7.07. The number of rotatable bonds is 4. The second kappa shape index (κ2) is 6.08. The highest BCUT2D eigenvalue weighted by Gasteiger charge is 2.34. The molecule has 1 fully saturated rings. The van der Waals surface area contributed by atoms with Crippen LogP contribution in [0.25, 0.3) is 10.9 Å². The van der Waals surface area contributed by atoms with Crippen molar-refractivity contribution >= 4 is 16.8 Å². The highest BCUT2D eigenvalue weighted by Crippen LogP contribution is 2.28. The molecule has 7 nitrogen and oxygen atoms in total. The van der Waals surface area contributed by atoms with Gasteiger partial charge in [0.15, 0.2) is 0 Å². The molecule has 2 N–H and O–H groups in total. The summed E-state index contributed by atoms with van der Waals surface area (Å²) >= 11 is 0. The highest BCUT2D eigenvalue weighted by molar-refractivity contribution is 5.77. The summed E-state index contributed by atoms with van der Waals surface area (Å²) in [5.41, 5.74) is 6.13. The second-order valence-electron chi connectivity index (χ2n) is 6.46. The molecule has 2 heterocycles. The van der Waals surface area contributed by atoms with Crippen LogP contribution in [0.4, 0.5) is 0 Å². The van der Waals surface area contributed by atoms with E-state index in [4.69, 9.17) is 5.73 Å². The lowest BCUT2D eigenvalue weighted by Crippen LogP contribution is -2.35. The Hall–Kier alpha value is -2.28. The van der Waals surface area contributed by atoms with Crippen LogP contribution in [0.15, 0.2) is 29.1 Å². The van der Waals surface area contributed by atoms with Crippen LogP contribution < -0.4 is 11.3 Å². The SMILES string of the molecule is CC1(CN)CCN(C(=O)CCn2nnc3ccccc3c2=O)C1. The van der Waals surface area contributed by atoms with E-state index in [1.54, 1.807) is 18.2 Å². The van der Waals surface area contributed by atoms with Gasteiger partial charge in [-0.15, -0.1) is 5.10 Å². The van der Waals surface area contributed by atoms with Crippen molar-refractivity contribution in [3.05, 3.63) is 34.6 Å². The first kappa shape index (κ1) is 15.6. The van der Waals surface area contributed by atoms with Crippen molar-refractivity contribution in [2.24, 2.45) is 11.1 Å². The molecule has 1 amide bonds. The molecule has 1 aromatic carbocycles. The van der Waals surface area contributed by atoms with Crippen LogP contribution in [0, 0.1) is 5.41 Å². The normalized spacial score (nSPS) is 21.0. The predicted octanol–water partition coefficient (Wildman–Crippen LogP) is 0.379. The molecule has 1 aliphatic rings. The number of nitrogens with zero attached hydrogens (tertiary/aromatic N) is 4. The predicted molar refractivity (Wildman–Crippen MR) is 86.8 cm³/mol. The lowest BCUT2D eigenvalue weighted by atomic mass is 9.90. The molecule has 0 radical (unpaired) electrons. The van der Waals surface area contributed by atoms with Gasteiger partial charge < -0.3 is 10.6 Å². The average Bonchev–Trinajstić information content (AvgIpc) is 2.97. The quantitative estimate of drug-likeness (QED) is 0.880. The first-order valence-corrected chi connectivity index (χ1v) is 7.83. The molecule has 3 rings (SSSR count). The zero-order valence-corrected chi connectivity index (χ0v) is 13.2. The average molecular weight is 315 g/mol. The van der Waals surface area contributed by atoms with E-state index in [0.29, 0.717) is 24.0 Å². The summed E-state index contributed by atoms with van der Waals surface area (Å²) in [6.07, 6.45) is 1.17. The topological polar surface area (TPSA) is 94.1 Å². The highest BCUT2D eigenvalue weighted by atomic mass is 16.2. The number of hydrogen-bond acceptors (Lipinski definition) is 5. The van der Waals surface area contributed by atoms with E-state index in [9.17, 15) is 9.59 Å². The van der Waals surface area contributed by atoms with Crippen molar-refractivity contribution in [3.8, 4) is 0 Å². The monoisotopic (exact) mass is 315 g/mol. The van der Waals surface area contributed by atoms with E-state index >= 15 is 0 Å². The zero-order chi connectivity index (χ0) is 16.4. The van der Waals surface area contributed by atoms with Gasteiger partial charge in [0.1, 0.15) is 5.52 Å². The lowest BCUT2D eigenvalue weighted by Gasteiger charge is -2.22. The summed E-state index contributed by atoms with van der Waals surface area (Å²) in [7, 11) is 0. The molecule has 1 aliphatic heterocycles. The van der Waals surface area contributed by atoms with Crippen molar-refractivity contribution in [2.45, 2.75) is 26.3 Å². The molecule has 1 unspecified atom stereocenters. The fourth-order valence-electron chi connectivity index (χ4n) is 2.93. The number of carbonyl (C=O) groups is 1. The van der Waals surface area contributed by atoms with Crippen LogP contribution >= 0.6 is 0 Å². The second-order valence-corrected chi connectivity index (χ2v) is 6.46. The number of aryl methyl sites for hydroxylation is 1. The van der Waals surface area contributed by atoms with Gasteiger partial charge in [-0.05, 0) is 30.5 Å². The van der Waals surface area contributed by atoms with Gasteiger partial charge in [-0.25, -0.2) is 4.68 Å². The summed E-state index contributed by atoms with van der Waals surface area (Å²) < 4.78 is 1.26. The molecule has 0 spiro atoms. The first-order chi connectivity index (χ1) is 11.0. The van der Waals surface area contributed by atoms with Crippen LogP contribution in [-0.2, 0) is 11.3 Å². The number of carbonyl (C=O) groups excluding carboxylic acids is 1. The number of nitrogens with two attached hydrogens (primary N) is 1. The van der Waals surface area contributed by atoms with Crippen LogP contribution in [0.1, 0.15) is 19.8 Å². The molecule has 2 aromatic rings. The van der Waals surface area contributed by atoms with Crippen molar-refractivity contribution in [3.63, 3.8) is 0 Å². The van der Waals surface area contributed by atoms with Gasteiger partial charge >= 0.3 is 0 Å². The molecule has 0 bridgehead atoms. The standard InChI is InChI=1S/C16H21N5O2/c1-16(10-17)7-9-20(11-16)14(22)6-8-21-15(23)12-4-2-3-5-13(12)18-19-21/h2-5H,6-11,17H2,1H3. The van der Waals surface area contributed by atoms with Gasteiger partial charge in [0.05, 0.1) is 11.9 Å². The number of amides is 1. The summed E-state index contributed by atoms with van der Waals surface area (Å²) in [5.74, 6) is 0.0315. The number of likely N-dealkylation sites (tertiary alicyclic amines) is 1. The molecule has 122 valence electrons. The Balaban J connectivity index is 1.68. The Labute approximate surface area is 134 Å². The first-order valence-electron chi connectivity index (χ1n) is 7.83. The summed E-state index contributed by atoms with van der Waals surface area (Å²) in [6.45, 7) is 4.32. The molecule has 1 saturated heterocycles. The molecular formula is C16H21N5O2. The Morgan fingerprint density at radius 1 is 1.39 bits per heavy atom. The van der Waals surface area contributed by atoms with Gasteiger partial charge in [0, 0.05) is 19.5 Å². The molecular weight excluding hydrogens is 294 g/mol. The number of aromatic nitrogens is 3. The van der Waals surface area contributed by atoms with Crippen molar-refractivity contribution in [1.29, 1.82) is 0 Å². The fourth-order valence-corrected chi connectivity index (χ4v) is 2.93. The number of benzene rings is 1. The van der Waals surface area contributed by atoms with Gasteiger partial charge in [0.2, 0.25) is 5.91 Å². The van der Waals surface area contributed by atoms with Crippen molar-refractivity contribution < 1.29 is 4.79 Å². The van der Waals surface area contributed by atoms with Crippen LogP contribution in [0.2, 0.25) is 0 Å². The van der Waals surface area contributed by atoms with Gasteiger partial charge in [-0.2, -0.15) is 0 Å². The van der Waals surface area contributed by atoms with E-state index in [0.717, 1.165) is 13.0 Å². The number of fused-ring (bicyclic) bond motifs is 1. The van der Waals surface area contributed by atoms with Crippen LogP contribution in [0.5, 0.6) is 0 Å². The smallest absolute Gasteiger partial charge is 0.277 e. The van der Waals surface area contributed by atoms with E-state index in [-0.39, 0.29) is 29.8 Å². The third-order valence-corrected chi connectivity index (χ3v) is 4.57. The summed E-state index contributed by atoms with van der Waals surface area (Å²) in [4.78, 5) is 26.5. The summed E-state index contributed by atoms with van der Waals surface area (Å²) in [5, 5.41) is 8.46. The van der Waals surface area contributed by atoms with Crippen LogP contribution in [0.3, 0.4) is 0 Å². The molecule has 0 aliphatic carbocycles. The minimum absolute atomic E-state index is 0.00918. The molecule has 1 atom stereocenters. The Morgan fingerprint density at radius 3 is 2.91 bits per heavy atom. The Morgan fingerprint density at radius 2 is 2.17 bits per heavy atom. The maximum atomic E-state index is 12.3. The van der Waals surface area contributed by atoms with E-state index < -0.39 is 0 Å². The zero-order valence-electron chi connectivity index (χ0n) is 13.2. The maximum absolute atomic E-state index is 12.3. The minimum Gasteiger partial charge on any atom is -0.342 e. The van der Waals surface area contributed by atoms with Crippen molar-refractivity contribution in [1.82, 2.24) is 19.9 Å².